The molecule has 0 aliphatic carbocycles. The van der Waals surface area contributed by atoms with Crippen molar-refractivity contribution in [2.24, 2.45) is 0 Å². The number of halogens is 4. The number of benzene rings is 1. The molecule has 0 N–H and O–H groups in total. The molecule has 33 heavy (non-hydrogen) atoms. The summed E-state index contributed by atoms with van der Waals surface area (Å²) in [5, 5.41) is 4.69. The summed E-state index contributed by atoms with van der Waals surface area (Å²) >= 11 is 6.24. The van der Waals surface area contributed by atoms with E-state index in [-0.39, 0.29) is 17.0 Å². The molecule has 1 saturated heterocycles. The third kappa shape index (κ3) is 4.99. The summed E-state index contributed by atoms with van der Waals surface area (Å²) in [6.07, 6.45) is -4.63. The van der Waals surface area contributed by atoms with Gasteiger partial charge in [0.15, 0.2) is 11.3 Å². The van der Waals surface area contributed by atoms with Gasteiger partial charge >= 0.3 is 6.18 Å². The Labute approximate surface area is 195 Å². The van der Waals surface area contributed by atoms with Crippen LogP contribution in [0.4, 0.5) is 13.2 Å². The van der Waals surface area contributed by atoms with Crippen molar-refractivity contribution in [3.05, 3.63) is 64.1 Å². The molecule has 0 unspecified atom stereocenters. The third-order valence-corrected chi connectivity index (χ3v) is 6.09. The molecule has 1 amide bonds. The maximum absolute atomic E-state index is 13.7. The highest BCUT2D eigenvalue weighted by atomic mass is 35.5. The Morgan fingerprint density at radius 1 is 1.06 bits per heavy atom. The lowest BCUT2D eigenvalue weighted by molar-refractivity contribution is -0.142. The zero-order chi connectivity index (χ0) is 24.0. The molecule has 1 aliphatic heterocycles. The molecule has 0 saturated carbocycles. The number of piperazine rings is 1. The highest BCUT2D eigenvalue weighted by Crippen LogP contribution is 2.32. The number of fused-ring (bicyclic) bond motifs is 1. The Balaban J connectivity index is 1.53. The van der Waals surface area contributed by atoms with Crippen molar-refractivity contribution in [3.8, 4) is 0 Å². The second-order valence-electron chi connectivity index (χ2n) is 9.23. The lowest BCUT2D eigenvalue weighted by Crippen LogP contribution is -2.48. The fourth-order valence-electron chi connectivity index (χ4n) is 3.80. The molecule has 10 heteroatoms. The van der Waals surface area contributed by atoms with Gasteiger partial charge < -0.3 is 4.90 Å². The number of nitrogens with zero attached hydrogens (tertiary/aromatic N) is 5. The first kappa shape index (κ1) is 23.5. The first-order valence-corrected chi connectivity index (χ1v) is 11.0. The summed E-state index contributed by atoms with van der Waals surface area (Å²) in [6, 6.07) is 9.95. The summed E-state index contributed by atoms with van der Waals surface area (Å²) in [6.45, 7) is 8.19. The van der Waals surface area contributed by atoms with Crippen molar-refractivity contribution in [1.82, 2.24) is 24.4 Å². The minimum atomic E-state index is -4.63. The second kappa shape index (κ2) is 8.61. The average Bonchev–Trinajstić information content (AvgIpc) is 3.17. The number of hydrogen-bond acceptors (Lipinski definition) is 4. The van der Waals surface area contributed by atoms with E-state index in [1.807, 2.05) is 24.3 Å². The van der Waals surface area contributed by atoms with Gasteiger partial charge in [0.25, 0.3) is 5.91 Å². The van der Waals surface area contributed by atoms with E-state index in [9.17, 15) is 18.0 Å². The number of amides is 1. The fourth-order valence-corrected chi connectivity index (χ4v) is 4.00. The summed E-state index contributed by atoms with van der Waals surface area (Å²) in [5.74, 6) is -0.400. The second-order valence-corrected chi connectivity index (χ2v) is 9.64. The SMILES string of the molecule is CC(C)(C)c1cc(C(F)(F)F)n2nc(C(=O)N3CCN(Cc4ccccc4Cl)CC3)cc2n1. The van der Waals surface area contributed by atoms with Crippen LogP contribution in [0.15, 0.2) is 36.4 Å². The zero-order valence-corrected chi connectivity index (χ0v) is 19.4. The predicted octanol–water partition coefficient (Wildman–Crippen LogP) is 4.66. The van der Waals surface area contributed by atoms with Gasteiger partial charge in [0.2, 0.25) is 0 Å². The van der Waals surface area contributed by atoms with Crippen molar-refractivity contribution >= 4 is 23.2 Å². The monoisotopic (exact) mass is 479 g/mol. The Morgan fingerprint density at radius 3 is 2.33 bits per heavy atom. The lowest BCUT2D eigenvalue weighted by atomic mass is 9.91. The van der Waals surface area contributed by atoms with Gasteiger partial charge in [-0.05, 0) is 17.7 Å². The number of rotatable bonds is 3. The van der Waals surface area contributed by atoms with E-state index in [0.29, 0.717) is 37.7 Å². The molecule has 6 nitrogen and oxygen atoms in total. The zero-order valence-electron chi connectivity index (χ0n) is 18.7. The fraction of sp³-hybridized carbons (Fsp3) is 0.435. The molecule has 0 radical (unpaired) electrons. The Bertz CT molecular complexity index is 1180. The number of carbonyl (C=O) groups is 1. The van der Waals surface area contributed by atoms with Crippen LogP contribution in [0, 0.1) is 0 Å². The van der Waals surface area contributed by atoms with E-state index in [1.165, 1.54) is 6.07 Å². The molecule has 176 valence electrons. The molecule has 0 bridgehead atoms. The molecule has 1 aliphatic rings. The van der Waals surface area contributed by atoms with Crippen LogP contribution in [0.3, 0.4) is 0 Å². The van der Waals surface area contributed by atoms with E-state index < -0.39 is 23.2 Å². The summed E-state index contributed by atoms with van der Waals surface area (Å²) in [7, 11) is 0. The van der Waals surface area contributed by atoms with Crippen LogP contribution < -0.4 is 0 Å². The third-order valence-electron chi connectivity index (χ3n) is 5.72. The topological polar surface area (TPSA) is 53.7 Å². The predicted molar refractivity (Wildman–Crippen MR) is 119 cm³/mol. The van der Waals surface area contributed by atoms with E-state index in [0.717, 1.165) is 16.1 Å². The van der Waals surface area contributed by atoms with E-state index in [2.05, 4.69) is 15.0 Å². The van der Waals surface area contributed by atoms with Gasteiger partial charge in [-0.15, -0.1) is 0 Å². The number of alkyl halides is 3. The summed E-state index contributed by atoms with van der Waals surface area (Å²) < 4.78 is 41.8. The smallest absolute Gasteiger partial charge is 0.335 e. The van der Waals surface area contributed by atoms with Gasteiger partial charge in [-0.1, -0.05) is 50.6 Å². The summed E-state index contributed by atoms with van der Waals surface area (Å²) in [5.41, 5.74) is -0.266. The van der Waals surface area contributed by atoms with E-state index in [4.69, 9.17) is 11.6 Å². The van der Waals surface area contributed by atoms with Crippen molar-refractivity contribution in [2.45, 2.75) is 38.9 Å². The van der Waals surface area contributed by atoms with Crippen LogP contribution in [0.5, 0.6) is 0 Å². The molecular weight excluding hydrogens is 455 g/mol. The largest absolute Gasteiger partial charge is 0.433 e. The number of hydrogen-bond donors (Lipinski definition) is 0. The molecule has 2 aromatic heterocycles. The van der Waals surface area contributed by atoms with Gasteiger partial charge in [-0.2, -0.15) is 18.3 Å². The minimum Gasteiger partial charge on any atom is -0.335 e. The standard InChI is InChI=1S/C23H25ClF3N5O/c1-22(2,3)18-13-19(23(25,26)27)32-20(28-18)12-17(29-32)21(33)31-10-8-30(9-11-31)14-15-6-4-5-7-16(15)24/h4-7,12-13H,8-11,14H2,1-3H3. The average molecular weight is 480 g/mol. The van der Waals surface area contributed by atoms with Gasteiger partial charge in [0.1, 0.15) is 5.69 Å². The Morgan fingerprint density at radius 2 is 1.73 bits per heavy atom. The summed E-state index contributed by atoms with van der Waals surface area (Å²) in [4.78, 5) is 21.2. The van der Waals surface area contributed by atoms with E-state index in [1.54, 1.807) is 25.7 Å². The van der Waals surface area contributed by atoms with Crippen LogP contribution in [0.1, 0.15) is 48.2 Å². The molecule has 1 fully saturated rings. The first-order valence-electron chi connectivity index (χ1n) is 10.7. The van der Waals surface area contributed by atoms with Crippen LogP contribution >= 0.6 is 11.6 Å². The molecule has 1 aromatic carbocycles. The lowest BCUT2D eigenvalue weighted by Gasteiger charge is -2.34. The Kier molecular flexibility index (Phi) is 6.13. The quantitative estimate of drug-likeness (QED) is 0.548. The molecule has 0 spiro atoms. The Hall–Kier alpha value is -2.65. The van der Waals surface area contributed by atoms with Gasteiger partial charge in [-0.25, -0.2) is 9.50 Å². The maximum atomic E-state index is 13.7. The van der Waals surface area contributed by atoms with Gasteiger partial charge in [-0.3, -0.25) is 9.69 Å². The van der Waals surface area contributed by atoms with Crippen molar-refractivity contribution in [2.75, 3.05) is 26.2 Å². The van der Waals surface area contributed by atoms with Crippen molar-refractivity contribution in [1.29, 1.82) is 0 Å². The van der Waals surface area contributed by atoms with Gasteiger partial charge in [0.05, 0.1) is 5.69 Å². The highest BCUT2D eigenvalue weighted by molar-refractivity contribution is 6.31. The minimum absolute atomic E-state index is 0.00968. The molecule has 3 aromatic rings. The maximum Gasteiger partial charge on any atom is 0.433 e. The molecule has 4 rings (SSSR count). The van der Waals surface area contributed by atoms with Crippen LogP contribution in [-0.4, -0.2) is 56.5 Å². The normalized spacial score (nSPS) is 15.9. The first-order chi connectivity index (χ1) is 15.4. The van der Waals surface area contributed by atoms with Crippen LogP contribution in [0.2, 0.25) is 5.02 Å². The van der Waals surface area contributed by atoms with Crippen LogP contribution in [0.25, 0.3) is 5.65 Å². The molecule has 0 atom stereocenters. The molecular formula is C23H25ClF3N5O. The van der Waals surface area contributed by atoms with Crippen molar-refractivity contribution < 1.29 is 18.0 Å². The molecule has 3 heterocycles. The van der Waals surface area contributed by atoms with E-state index >= 15 is 0 Å². The van der Waals surface area contributed by atoms with Crippen molar-refractivity contribution in [3.63, 3.8) is 0 Å². The number of carbonyl (C=O) groups excluding carboxylic acids is 1. The number of aromatic nitrogens is 3. The van der Waals surface area contributed by atoms with Gasteiger partial charge in [0, 0.05) is 49.2 Å². The highest BCUT2D eigenvalue weighted by Gasteiger charge is 2.37. The van der Waals surface area contributed by atoms with Crippen LogP contribution in [-0.2, 0) is 18.1 Å².